The summed E-state index contributed by atoms with van der Waals surface area (Å²) in [6.45, 7) is 0. The van der Waals surface area contributed by atoms with Gasteiger partial charge in [0.2, 0.25) is 0 Å². The van der Waals surface area contributed by atoms with Crippen molar-refractivity contribution in [2.24, 2.45) is 0 Å². The largest absolute Gasteiger partial charge is 0.322 e. The topological polar surface area (TPSA) is 29.1 Å². The third-order valence-electron chi connectivity index (χ3n) is 2.35. The molecule has 0 aromatic heterocycles. The van der Waals surface area contributed by atoms with Crippen LogP contribution in [0.25, 0.3) is 0 Å². The molecule has 0 saturated heterocycles. The second kappa shape index (κ2) is 5.90. The fraction of sp³-hybridized carbons (Fsp3) is 0. The van der Waals surface area contributed by atoms with Gasteiger partial charge in [-0.3, -0.25) is 4.79 Å². The zero-order chi connectivity index (χ0) is 14.0. The number of hydrogen-bond acceptors (Lipinski definition) is 1. The van der Waals surface area contributed by atoms with E-state index in [9.17, 15) is 9.18 Å². The number of benzene rings is 2. The molecule has 0 spiro atoms. The molecular formula is C13H7BrCl2FNO. The Morgan fingerprint density at radius 2 is 1.84 bits per heavy atom. The second-order valence-electron chi connectivity index (χ2n) is 3.71. The van der Waals surface area contributed by atoms with Crippen LogP contribution in [0.1, 0.15) is 10.4 Å². The standard InChI is InChI=1S/C13H7BrCl2FNO/c14-10-4-2-8(6-12(10)16)18-13(19)9-3-1-7(17)5-11(9)15/h1-6H,(H,18,19). The minimum atomic E-state index is -0.492. The van der Waals surface area contributed by atoms with E-state index in [4.69, 9.17) is 23.2 Å². The van der Waals surface area contributed by atoms with Gasteiger partial charge in [-0.05, 0) is 52.3 Å². The van der Waals surface area contributed by atoms with E-state index in [2.05, 4.69) is 21.2 Å². The molecule has 0 aliphatic carbocycles. The number of carbonyl (C=O) groups excluding carboxylic acids is 1. The van der Waals surface area contributed by atoms with Crippen LogP contribution in [0.5, 0.6) is 0 Å². The SMILES string of the molecule is O=C(Nc1ccc(Br)c(Cl)c1)c1ccc(F)cc1Cl. The fourth-order valence-corrected chi connectivity index (χ4v) is 2.13. The van der Waals surface area contributed by atoms with Crippen molar-refractivity contribution < 1.29 is 9.18 Å². The second-order valence-corrected chi connectivity index (χ2v) is 5.38. The molecule has 0 aliphatic heterocycles. The summed E-state index contributed by atoms with van der Waals surface area (Å²) in [5.74, 6) is -0.920. The van der Waals surface area contributed by atoms with E-state index in [-0.39, 0.29) is 10.6 Å². The molecule has 0 radical (unpaired) electrons. The zero-order valence-electron chi connectivity index (χ0n) is 9.38. The van der Waals surface area contributed by atoms with Gasteiger partial charge in [-0.25, -0.2) is 4.39 Å². The van der Waals surface area contributed by atoms with Crippen LogP contribution in [0.4, 0.5) is 10.1 Å². The summed E-state index contributed by atoms with van der Waals surface area (Å²) in [7, 11) is 0. The highest BCUT2D eigenvalue weighted by atomic mass is 79.9. The number of hydrogen-bond donors (Lipinski definition) is 1. The van der Waals surface area contributed by atoms with E-state index in [0.717, 1.165) is 10.5 Å². The predicted molar refractivity (Wildman–Crippen MR) is 78.5 cm³/mol. The van der Waals surface area contributed by atoms with E-state index in [1.807, 2.05) is 0 Å². The van der Waals surface area contributed by atoms with Gasteiger partial charge in [-0.2, -0.15) is 0 Å². The maximum absolute atomic E-state index is 12.9. The third-order valence-corrected chi connectivity index (χ3v) is 3.90. The molecule has 98 valence electrons. The molecule has 0 heterocycles. The van der Waals surface area contributed by atoms with Crippen LogP contribution in [0.3, 0.4) is 0 Å². The summed E-state index contributed by atoms with van der Waals surface area (Å²) in [6.07, 6.45) is 0. The quantitative estimate of drug-likeness (QED) is 0.786. The molecule has 1 N–H and O–H groups in total. The highest BCUT2D eigenvalue weighted by Crippen LogP contribution is 2.26. The number of amides is 1. The third kappa shape index (κ3) is 3.47. The lowest BCUT2D eigenvalue weighted by Crippen LogP contribution is -2.12. The van der Waals surface area contributed by atoms with Gasteiger partial charge in [-0.15, -0.1) is 0 Å². The lowest BCUT2D eigenvalue weighted by atomic mass is 10.2. The van der Waals surface area contributed by atoms with Crippen LogP contribution < -0.4 is 5.32 Å². The maximum atomic E-state index is 12.9. The maximum Gasteiger partial charge on any atom is 0.257 e. The Bertz CT molecular complexity index is 649. The first kappa shape index (κ1) is 14.3. The highest BCUT2D eigenvalue weighted by molar-refractivity contribution is 9.10. The molecule has 6 heteroatoms. The number of nitrogens with one attached hydrogen (secondary N) is 1. The Labute approximate surface area is 127 Å². The highest BCUT2D eigenvalue weighted by Gasteiger charge is 2.11. The molecule has 0 bridgehead atoms. The first-order chi connectivity index (χ1) is 8.97. The monoisotopic (exact) mass is 361 g/mol. The Balaban J connectivity index is 2.23. The number of halogens is 4. The normalized spacial score (nSPS) is 10.3. The van der Waals surface area contributed by atoms with Gasteiger partial charge in [0.15, 0.2) is 0 Å². The van der Waals surface area contributed by atoms with Gasteiger partial charge < -0.3 is 5.32 Å². The number of rotatable bonds is 2. The Hall–Kier alpha value is -1.10. The molecule has 2 nitrogen and oxygen atoms in total. The van der Waals surface area contributed by atoms with Gasteiger partial charge >= 0.3 is 0 Å². The molecule has 1 amide bonds. The van der Waals surface area contributed by atoms with Crippen molar-refractivity contribution in [2.45, 2.75) is 0 Å². The summed E-state index contributed by atoms with van der Waals surface area (Å²) >= 11 is 15.0. The van der Waals surface area contributed by atoms with E-state index < -0.39 is 11.7 Å². The molecule has 2 aromatic rings. The minimum absolute atomic E-state index is 0.0562. The Morgan fingerprint density at radius 3 is 2.47 bits per heavy atom. The fourth-order valence-electron chi connectivity index (χ4n) is 1.45. The first-order valence-corrected chi connectivity index (χ1v) is 6.74. The van der Waals surface area contributed by atoms with E-state index in [1.165, 1.54) is 12.1 Å². The molecule has 0 fully saturated rings. The van der Waals surface area contributed by atoms with E-state index in [1.54, 1.807) is 18.2 Å². The van der Waals surface area contributed by atoms with Crippen molar-refractivity contribution in [3.8, 4) is 0 Å². The smallest absolute Gasteiger partial charge is 0.257 e. The van der Waals surface area contributed by atoms with Crippen molar-refractivity contribution in [3.63, 3.8) is 0 Å². The first-order valence-electron chi connectivity index (χ1n) is 5.19. The van der Waals surface area contributed by atoms with E-state index >= 15 is 0 Å². The van der Waals surface area contributed by atoms with Crippen molar-refractivity contribution in [1.82, 2.24) is 0 Å². The molecule has 0 atom stereocenters. The molecule has 2 rings (SSSR count). The number of anilines is 1. The summed E-state index contributed by atoms with van der Waals surface area (Å²) < 4.78 is 13.6. The lowest BCUT2D eigenvalue weighted by Gasteiger charge is -2.07. The molecular weight excluding hydrogens is 356 g/mol. The van der Waals surface area contributed by atoms with Gasteiger partial charge in [0.25, 0.3) is 5.91 Å². The van der Waals surface area contributed by atoms with Crippen molar-refractivity contribution in [1.29, 1.82) is 0 Å². The minimum Gasteiger partial charge on any atom is -0.322 e. The van der Waals surface area contributed by atoms with E-state index in [0.29, 0.717) is 10.7 Å². The van der Waals surface area contributed by atoms with Crippen LogP contribution in [0.2, 0.25) is 10.0 Å². The average Bonchev–Trinajstić information content (AvgIpc) is 2.33. The lowest BCUT2D eigenvalue weighted by molar-refractivity contribution is 0.102. The molecule has 2 aromatic carbocycles. The predicted octanol–water partition coefficient (Wildman–Crippen LogP) is 5.15. The van der Waals surface area contributed by atoms with Crippen LogP contribution in [-0.4, -0.2) is 5.91 Å². The van der Waals surface area contributed by atoms with Crippen LogP contribution in [0, 0.1) is 5.82 Å². The summed E-state index contributed by atoms with van der Waals surface area (Å²) in [6, 6.07) is 8.59. The van der Waals surface area contributed by atoms with Gasteiger partial charge in [-0.1, -0.05) is 23.2 Å². The van der Waals surface area contributed by atoms with Crippen LogP contribution in [-0.2, 0) is 0 Å². The van der Waals surface area contributed by atoms with Gasteiger partial charge in [0.1, 0.15) is 5.82 Å². The van der Waals surface area contributed by atoms with Crippen LogP contribution >= 0.6 is 39.1 Å². The molecule has 0 unspecified atom stereocenters. The molecule has 19 heavy (non-hydrogen) atoms. The Kier molecular flexibility index (Phi) is 4.45. The van der Waals surface area contributed by atoms with Gasteiger partial charge in [0, 0.05) is 10.2 Å². The summed E-state index contributed by atoms with van der Waals surface area (Å²) in [5.41, 5.74) is 0.723. The number of carbonyl (C=O) groups is 1. The van der Waals surface area contributed by atoms with Crippen LogP contribution in [0.15, 0.2) is 40.9 Å². The molecule has 0 aliphatic rings. The zero-order valence-corrected chi connectivity index (χ0v) is 12.5. The van der Waals surface area contributed by atoms with Crippen molar-refractivity contribution >= 4 is 50.7 Å². The summed E-state index contributed by atoms with van der Waals surface area (Å²) in [4.78, 5) is 12.0. The average molecular weight is 363 g/mol. The van der Waals surface area contributed by atoms with Crippen molar-refractivity contribution in [3.05, 3.63) is 62.3 Å². The van der Waals surface area contributed by atoms with Crippen molar-refractivity contribution in [2.75, 3.05) is 5.32 Å². The molecule has 0 saturated carbocycles. The summed E-state index contributed by atoms with van der Waals surface area (Å²) in [5, 5.41) is 3.17. The Morgan fingerprint density at radius 1 is 1.11 bits per heavy atom. The van der Waals surface area contributed by atoms with Gasteiger partial charge in [0.05, 0.1) is 15.6 Å².